The molecular weight excluding hydrogens is 570 g/mol. The zero-order chi connectivity index (χ0) is 31.9. The second-order valence-corrected chi connectivity index (χ2v) is 12.8. The lowest BCUT2D eigenvalue weighted by molar-refractivity contribution is -0.130. The van der Waals surface area contributed by atoms with Gasteiger partial charge in [-0.25, -0.2) is 0 Å². The minimum atomic E-state index is -0.838. The third-order valence-electron chi connectivity index (χ3n) is 9.63. The Kier molecular flexibility index (Phi) is 10.9. The molecule has 0 radical (unpaired) electrons. The highest BCUT2D eigenvalue weighted by atomic mass is 16.3. The number of likely N-dealkylation sites (tertiary alicyclic amines) is 1. The van der Waals surface area contributed by atoms with Crippen LogP contribution in [-0.4, -0.2) is 83.6 Å². The maximum Gasteiger partial charge on any atom is 0.248 e. The molecule has 1 aliphatic carbocycles. The van der Waals surface area contributed by atoms with Crippen LogP contribution in [0.15, 0.2) is 53.3 Å². The standard InChI is InChI=1S/C35H47N5O5/c1-38(33(44)17-19-40-22-25-6-5-7-26(25)23-40)18-4-3-8-34(45)39(2)27-11-9-24(10-12-27)20-36-21-31(42)28-13-15-30(41)35-29(28)14-16-32(43)37-35/h9-16,25-26,31,36,41-42H,3-8,17-23H2,1-2H3,(H,37,43)/t25?,26?,31-/m0/s1. The van der Waals surface area contributed by atoms with E-state index in [0.29, 0.717) is 42.4 Å². The molecule has 2 aromatic carbocycles. The van der Waals surface area contributed by atoms with Crippen LogP contribution in [0, 0.1) is 11.8 Å². The van der Waals surface area contributed by atoms with Crippen molar-refractivity contribution in [3.63, 3.8) is 0 Å². The van der Waals surface area contributed by atoms with Crippen LogP contribution >= 0.6 is 0 Å². The van der Waals surface area contributed by atoms with Gasteiger partial charge in [-0.15, -0.1) is 0 Å². The molecule has 0 bridgehead atoms. The average Bonchev–Trinajstić information content (AvgIpc) is 3.64. The van der Waals surface area contributed by atoms with Crippen LogP contribution in [0.1, 0.15) is 62.2 Å². The Morgan fingerprint density at radius 2 is 1.71 bits per heavy atom. The normalized spacial score (nSPS) is 18.6. The first-order valence-corrected chi connectivity index (χ1v) is 16.2. The van der Waals surface area contributed by atoms with Gasteiger partial charge in [0.2, 0.25) is 17.4 Å². The number of hydrogen-bond donors (Lipinski definition) is 4. The number of aliphatic hydroxyl groups is 1. The predicted octanol–water partition coefficient (Wildman–Crippen LogP) is 3.77. The van der Waals surface area contributed by atoms with E-state index >= 15 is 0 Å². The number of aromatic hydroxyl groups is 1. The second-order valence-electron chi connectivity index (χ2n) is 12.8. The van der Waals surface area contributed by atoms with Gasteiger partial charge in [-0.3, -0.25) is 14.4 Å². The molecule has 45 heavy (non-hydrogen) atoms. The van der Waals surface area contributed by atoms with Crippen molar-refractivity contribution in [1.82, 2.24) is 20.1 Å². The van der Waals surface area contributed by atoms with Gasteiger partial charge in [0.05, 0.1) is 11.6 Å². The number of amides is 2. The van der Waals surface area contributed by atoms with E-state index in [4.69, 9.17) is 0 Å². The van der Waals surface area contributed by atoms with E-state index < -0.39 is 6.10 Å². The summed E-state index contributed by atoms with van der Waals surface area (Å²) in [6, 6.07) is 13.8. The number of carbonyl (C=O) groups is 2. The fourth-order valence-electron chi connectivity index (χ4n) is 6.87. The first kappa shape index (κ1) is 32.7. The minimum absolute atomic E-state index is 0.0417. The van der Waals surface area contributed by atoms with Crippen LogP contribution in [0.5, 0.6) is 5.75 Å². The molecule has 10 nitrogen and oxygen atoms in total. The third kappa shape index (κ3) is 8.31. The van der Waals surface area contributed by atoms with Crippen molar-refractivity contribution in [1.29, 1.82) is 0 Å². The van der Waals surface area contributed by atoms with Gasteiger partial charge < -0.3 is 35.2 Å². The van der Waals surface area contributed by atoms with Gasteiger partial charge in [-0.1, -0.05) is 24.6 Å². The molecule has 10 heteroatoms. The van der Waals surface area contributed by atoms with E-state index in [1.807, 2.05) is 36.2 Å². The Morgan fingerprint density at radius 3 is 2.44 bits per heavy atom. The van der Waals surface area contributed by atoms with Gasteiger partial charge in [0.15, 0.2) is 0 Å². The maximum atomic E-state index is 12.8. The fraction of sp³-hybridized carbons (Fsp3) is 0.514. The molecular formula is C35H47N5O5. The zero-order valence-corrected chi connectivity index (χ0v) is 26.5. The van der Waals surface area contributed by atoms with Crippen molar-refractivity contribution < 1.29 is 19.8 Å². The number of nitrogens with zero attached hydrogens (tertiary/aromatic N) is 3. The summed E-state index contributed by atoms with van der Waals surface area (Å²) in [5, 5.41) is 24.7. The molecule has 2 fully saturated rings. The number of hydrogen-bond acceptors (Lipinski definition) is 7. The van der Waals surface area contributed by atoms with Crippen molar-refractivity contribution in [2.75, 3.05) is 51.7 Å². The van der Waals surface area contributed by atoms with Crippen molar-refractivity contribution in [3.8, 4) is 5.75 Å². The van der Waals surface area contributed by atoms with Gasteiger partial charge >= 0.3 is 0 Å². The number of rotatable bonds is 14. The second kappa shape index (κ2) is 15.0. The Balaban J connectivity index is 0.988. The van der Waals surface area contributed by atoms with Crippen LogP contribution in [0.3, 0.4) is 0 Å². The highest BCUT2D eigenvalue weighted by Gasteiger charge is 2.35. The van der Waals surface area contributed by atoms with Crippen LogP contribution in [0.2, 0.25) is 0 Å². The minimum Gasteiger partial charge on any atom is -0.506 e. The fourth-order valence-corrected chi connectivity index (χ4v) is 6.87. The Labute approximate surface area is 265 Å². The van der Waals surface area contributed by atoms with E-state index in [0.717, 1.165) is 55.6 Å². The summed E-state index contributed by atoms with van der Waals surface area (Å²) in [7, 11) is 3.65. The third-order valence-corrected chi connectivity index (χ3v) is 9.63. The Hall–Kier alpha value is -3.73. The number of phenolic OH excluding ortho intramolecular Hbond substituents is 1. The van der Waals surface area contributed by atoms with Gasteiger partial charge in [0.1, 0.15) is 5.75 Å². The summed E-state index contributed by atoms with van der Waals surface area (Å²) in [6.07, 6.45) is 5.76. The first-order chi connectivity index (χ1) is 21.7. The largest absolute Gasteiger partial charge is 0.506 e. The van der Waals surface area contributed by atoms with Crippen LogP contribution in [-0.2, 0) is 16.1 Å². The zero-order valence-electron chi connectivity index (χ0n) is 26.5. The number of nitrogens with one attached hydrogen (secondary N) is 2. The molecule has 1 aliphatic heterocycles. The summed E-state index contributed by atoms with van der Waals surface area (Å²) in [5.74, 6) is 1.89. The predicted molar refractivity (Wildman–Crippen MR) is 176 cm³/mol. The maximum absolute atomic E-state index is 12.8. The van der Waals surface area contributed by atoms with Crippen LogP contribution in [0.25, 0.3) is 10.9 Å². The highest BCUT2D eigenvalue weighted by Crippen LogP contribution is 2.37. The number of fused-ring (bicyclic) bond motifs is 2. The summed E-state index contributed by atoms with van der Waals surface area (Å²) < 4.78 is 0. The lowest BCUT2D eigenvalue weighted by Gasteiger charge is -2.21. The van der Waals surface area contributed by atoms with E-state index in [2.05, 4.69) is 15.2 Å². The number of anilines is 1. The lowest BCUT2D eigenvalue weighted by atomic mass is 10.0. The van der Waals surface area contributed by atoms with E-state index in [9.17, 15) is 24.6 Å². The number of aromatic nitrogens is 1. The monoisotopic (exact) mass is 617 g/mol. The van der Waals surface area contributed by atoms with Crippen molar-refractivity contribution >= 4 is 28.4 Å². The quantitative estimate of drug-likeness (QED) is 0.203. The first-order valence-electron chi connectivity index (χ1n) is 16.2. The number of benzene rings is 2. The summed E-state index contributed by atoms with van der Waals surface area (Å²) in [4.78, 5) is 45.6. The van der Waals surface area contributed by atoms with Gasteiger partial charge in [0.25, 0.3) is 0 Å². The molecule has 5 rings (SSSR count). The van der Waals surface area contributed by atoms with Crippen molar-refractivity contribution in [2.45, 2.75) is 57.6 Å². The number of pyridine rings is 1. The molecule has 1 aromatic heterocycles. The molecule has 3 aromatic rings. The molecule has 2 unspecified atom stereocenters. The van der Waals surface area contributed by atoms with Crippen molar-refractivity contribution in [3.05, 3.63) is 70.0 Å². The summed E-state index contributed by atoms with van der Waals surface area (Å²) >= 11 is 0. The lowest BCUT2D eigenvalue weighted by Crippen LogP contribution is -2.32. The Morgan fingerprint density at radius 1 is 0.978 bits per heavy atom. The molecule has 2 amide bonds. The molecule has 0 spiro atoms. The molecule has 1 saturated carbocycles. The topological polar surface area (TPSA) is 129 Å². The number of H-pyrrole nitrogens is 1. The van der Waals surface area contributed by atoms with Gasteiger partial charge in [-0.2, -0.15) is 0 Å². The number of aliphatic hydroxyl groups excluding tert-OH is 1. The summed E-state index contributed by atoms with van der Waals surface area (Å²) in [5.41, 5.74) is 2.41. The van der Waals surface area contributed by atoms with Gasteiger partial charge in [-0.05, 0) is 72.9 Å². The number of unbranched alkanes of at least 4 members (excludes halogenated alkanes) is 1. The van der Waals surface area contributed by atoms with Gasteiger partial charge in [0, 0.05) is 83.3 Å². The average molecular weight is 618 g/mol. The highest BCUT2D eigenvalue weighted by molar-refractivity contribution is 5.92. The van der Waals surface area contributed by atoms with Crippen molar-refractivity contribution in [2.24, 2.45) is 11.8 Å². The van der Waals surface area contributed by atoms with Crippen LogP contribution < -0.4 is 15.8 Å². The number of carbonyl (C=O) groups excluding carboxylic acids is 2. The smallest absolute Gasteiger partial charge is 0.248 e. The number of aromatic amines is 1. The molecule has 1 saturated heterocycles. The van der Waals surface area contributed by atoms with E-state index in [1.165, 1.54) is 31.4 Å². The molecule has 3 atom stereocenters. The SMILES string of the molecule is CN(CCCCC(=O)N(C)c1ccc(CNC[C@H](O)c2ccc(O)c3[nH]c(=O)ccc23)cc1)C(=O)CCN1CC2CCCC2C1. The molecule has 2 heterocycles. The van der Waals surface area contributed by atoms with Crippen LogP contribution in [0.4, 0.5) is 5.69 Å². The molecule has 4 N–H and O–H groups in total. The Bertz CT molecular complexity index is 1510. The van der Waals surface area contributed by atoms with E-state index in [1.54, 1.807) is 24.1 Å². The molecule has 2 aliphatic rings. The molecule has 242 valence electrons. The van der Waals surface area contributed by atoms with E-state index in [-0.39, 0.29) is 29.7 Å². The summed E-state index contributed by atoms with van der Waals surface area (Å²) in [6.45, 7) is 4.64. The number of phenols is 1.